The maximum absolute atomic E-state index is 15.1. The fraction of sp³-hybridized carbons (Fsp3) is 0.368. The molecule has 0 amide bonds. The van der Waals surface area contributed by atoms with Crippen LogP contribution in [0.25, 0.3) is 0 Å². The molecule has 2 aliphatic carbocycles. The summed E-state index contributed by atoms with van der Waals surface area (Å²) in [6.45, 7) is 4.53. The average molecular weight is 609 g/mol. The fourth-order valence-electron chi connectivity index (χ4n) is 8.19. The number of aliphatic hydroxyl groups excluding tert-OH is 1. The van der Waals surface area contributed by atoms with Gasteiger partial charge in [0, 0.05) is 16.3 Å². The highest BCUT2D eigenvalue weighted by Gasteiger charge is 2.55. The van der Waals surface area contributed by atoms with Gasteiger partial charge in [0.15, 0.2) is 0 Å². The second-order valence-corrected chi connectivity index (χ2v) is 20.4. The van der Waals surface area contributed by atoms with Crippen LogP contribution in [0.1, 0.15) is 52.4 Å². The average Bonchev–Trinajstić information content (AvgIpc) is 3.72. The zero-order valence-electron chi connectivity index (χ0n) is 25.4. The lowest BCUT2D eigenvalue weighted by Crippen LogP contribution is -2.65. The van der Waals surface area contributed by atoms with Crippen molar-refractivity contribution in [3.05, 3.63) is 121 Å². The van der Waals surface area contributed by atoms with Crippen molar-refractivity contribution >= 4 is 36.4 Å². The fourth-order valence-corrected chi connectivity index (χ4v) is 15.4. The van der Waals surface area contributed by atoms with Crippen LogP contribution in [0.15, 0.2) is 121 Å². The monoisotopic (exact) mass is 608 g/mol. The lowest BCUT2D eigenvalue weighted by atomic mass is 9.98. The summed E-state index contributed by atoms with van der Waals surface area (Å²) in [5, 5.41) is 15.1. The first kappa shape index (κ1) is 30.3. The highest BCUT2D eigenvalue weighted by Crippen LogP contribution is 2.61. The number of benzene rings is 4. The zero-order chi connectivity index (χ0) is 30.1. The van der Waals surface area contributed by atoms with Crippen molar-refractivity contribution in [1.82, 2.24) is 0 Å². The molecule has 0 saturated heterocycles. The van der Waals surface area contributed by atoms with E-state index in [2.05, 4.69) is 38.1 Å². The molecule has 2 aliphatic rings. The summed E-state index contributed by atoms with van der Waals surface area (Å²) in [7, 11) is -6.08. The molecule has 0 heterocycles. The van der Waals surface area contributed by atoms with Crippen LogP contribution < -0.4 is 21.0 Å². The van der Waals surface area contributed by atoms with Crippen molar-refractivity contribution in [2.24, 2.45) is 17.8 Å². The maximum atomic E-state index is 15.1. The molecule has 6 rings (SSSR count). The van der Waals surface area contributed by atoms with Gasteiger partial charge in [-0.05, 0) is 71.7 Å². The van der Waals surface area contributed by atoms with Crippen LogP contribution in [0.4, 0.5) is 0 Å². The summed E-state index contributed by atoms with van der Waals surface area (Å²) in [5.74, 6) is 1.82. The molecular weight excluding hydrogens is 563 g/mol. The highest BCUT2D eigenvalue weighted by molar-refractivity contribution is 7.79. The van der Waals surface area contributed by atoms with E-state index in [1.807, 2.05) is 97.1 Å². The molecule has 4 aromatic rings. The largest absolute Gasteiger partial charge is 0.424 e. The second kappa shape index (κ2) is 12.3. The Balaban J connectivity index is 1.21. The predicted octanol–water partition coefficient (Wildman–Crippen LogP) is 6.48. The van der Waals surface area contributed by atoms with Crippen LogP contribution in [0.2, 0.25) is 5.04 Å². The highest BCUT2D eigenvalue weighted by atomic mass is 31.2. The van der Waals surface area contributed by atoms with E-state index in [0.29, 0.717) is 24.2 Å². The molecule has 0 radical (unpaired) electrons. The molecule has 43 heavy (non-hydrogen) atoms. The van der Waals surface area contributed by atoms with Gasteiger partial charge < -0.3 is 14.5 Å². The number of hydrogen-bond acceptors (Lipinski definition) is 3. The van der Waals surface area contributed by atoms with Crippen molar-refractivity contribution < 1.29 is 14.5 Å². The number of aliphatic hydroxyl groups is 1. The Kier molecular flexibility index (Phi) is 8.68. The molecule has 0 spiro atoms. The summed E-state index contributed by atoms with van der Waals surface area (Å²) in [6.07, 6.45) is 4.90. The van der Waals surface area contributed by atoms with Crippen molar-refractivity contribution in [1.29, 1.82) is 0 Å². The van der Waals surface area contributed by atoms with Crippen molar-refractivity contribution in [2.45, 2.75) is 69.2 Å². The van der Waals surface area contributed by atoms with Crippen LogP contribution in [-0.4, -0.2) is 30.0 Å². The maximum Gasteiger partial charge on any atom is 0.258 e. The minimum Gasteiger partial charge on any atom is -0.424 e. The molecule has 2 fully saturated rings. The topological polar surface area (TPSA) is 57.5 Å². The Morgan fingerprint density at radius 2 is 1.09 bits per heavy atom. The molecule has 2 saturated carbocycles. The number of fused-ring (bicyclic) bond motifs is 1. The third-order valence-corrected chi connectivity index (χ3v) is 19.0. The van der Waals surface area contributed by atoms with Crippen molar-refractivity contribution in [3.8, 4) is 0 Å². The molecule has 0 aliphatic heterocycles. The van der Waals surface area contributed by atoms with Crippen molar-refractivity contribution in [2.75, 3.05) is 0 Å². The van der Waals surface area contributed by atoms with Gasteiger partial charge in [0.2, 0.25) is 0 Å². The van der Waals surface area contributed by atoms with Gasteiger partial charge in [0.05, 0.1) is 6.10 Å². The Morgan fingerprint density at radius 3 is 1.56 bits per heavy atom. The molecule has 3 nitrogen and oxygen atoms in total. The van der Waals surface area contributed by atoms with Crippen LogP contribution in [0.5, 0.6) is 0 Å². The standard InChI is InChI=1S/C38H45O3PSi/c1-38(2,43(41,31-19-11-5-12-20-31)32-21-13-6-14-22-32)28-27-35-33-23-25-36(39)37(26-24-34(33)35)42(40,29-15-7-3-8-16-29)30-17-9-4-10-18-30/h3-22,33-37,39,41H,23-28H2,1-2H3/t33-,34+,35+,36?,37?/m0/s1. The summed E-state index contributed by atoms with van der Waals surface area (Å²) in [5.41, 5.74) is -0.274. The SMILES string of the molecule is CC(C)(CC[C@@H]1[C@H]2CCC(O)C(P(=O)(c3ccccc3)c3ccccc3)CC[C@H]21)[Si](O)(c1ccccc1)c1ccccc1. The van der Waals surface area contributed by atoms with Gasteiger partial charge >= 0.3 is 0 Å². The van der Waals surface area contributed by atoms with E-state index in [4.69, 9.17) is 0 Å². The molecule has 224 valence electrons. The third-order valence-electron chi connectivity index (χ3n) is 10.8. The minimum absolute atomic E-state index is 0.258. The molecular formula is C38H45O3PSi. The lowest BCUT2D eigenvalue weighted by Gasteiger charge is -2.41. The van der Waals surface area contributed by atoms with Crippen LogP contribution in [-0.2, 0) is 4.57 Å². The second-order valence-electron chi connectivity index (χ2n) is 13.5. The van der Waals surface area contributed by atoms with E-state index in [1.165, 1.54) is 0 Å². The number of hydrogen-bond donors (Lipinski definition) is 2. The first-order chi connectivity index (χ1) is 20.8. The Morgan fingerprint density at radius 1 is 0.674 bits per heavy atom. The summed E-state index contributed by atoms with van der Waals surface area (Å²) >= 11 is 0. The van der Waals surface area contributed by atoms with Gasteiger partial charge in [-0.25, -0.2) is 0 Å². The summed E-state index contributed by atoms with van der Waals surface area (Å²) in [6, 6.07) is 40.3. The first-order valence-electron chi connectivity index (χ1n) is 16.0. The normalized spacial score (nSPS) is 24.4. The molecule has 2 unspecified atom stereocenters. The van der Waals surface area contributed by atoms with Gasteiger partial charge in [-0.1, -0.05) is 135 Å². The van der Waals surface area contributed by atoms with E-state index in [1.54, 1.807) is 0 Å². The van der Waals surface area contributed by atoms with Crippen LogP contribution in [0.3, 0.4) is 0 Å². The predicted molar refractivity (Wildman–Crippen MR) is 182 cm³/mol. The molecule has 5 heteroatoms. The van der Waals surface area contributed by atoms with Gasteiger partial charge in [-0.2, -0.15) is 0 Å². The van der Waals surface area contributed by atoms with Gasteiger partial charge in [0.1, 0.15) is 7.14 Å². The van der Waals surface area contributed by atoms with E-state index in [0.717, 1.165) is 53.1 Å². The Bertz CT molecular complexity index is 1440. The summed E-state index contributed by atoms with van der Waals surface area (Å²) in [4.78, 5) is 12.6. The molecule has 0 bridgehead atoms. The molecule has 4 aromatic carbocycles. The van der Waals surface area contributed by atoms with Crippen molar-refractivity contribution in [3.63, 3.8) is 0 Å². The quantitative estimate of drug-likeness (QED) is 0.169. The smallest absolute Gasteiger partial charge is 0.258 e. The lowest BCUT2D eigenvalue weighted by molar-refractivity contribution is 0.143. The van der Waals surface area contributed by atoms with Gasteiger partial charge in [-0.3, -0.25) is 0 Å². The van der Waals surface area contributed by atoms with Gasteiger partial charge in [-0.15, -0.1) is 0 Å². The van der Waals surface area contributed by atoms with Gasteiger partial charge in [0.25, 0.3) is 8.32 Å². The molecule has 5 atom stereocenters. The number of rotatable bonds is 9. The van der Waals surface area contributed by atoms with E-state index in [9.17, 15) is 9.90 Å². The van der Waals surface area contributed by atoms with E-state index in [-0.39, 0.29) is 10.7 Å². The van der Waals surface area contributed by atoms with Crippen LogP contribution in [0, 0.1) is 17.8 Å². The Hall–Kier alpha value is -2.75. The third kappa shape index (κ3) is 5.64. The molecule has 0 aromatic heterocycles. The molecule has 2 N–H and O–H groups in total. The minimum atomic E-state index is -3.04. The summed E-state index contributed by atoms with van der Waals surface area (Å²) < 4.78 is 15.1. The van der Waals surface area contributed by atoms with Crippen LogP contribution >= 0.6 is 7.14 Å². The Labute approximate surface area is 258 Å². The zero-order valence-corrected chi connectivity index (χ0v) is 27.3. The van der Waals surface area contributed by atoms with E-state index < -0.39 is 21.6 Å². The first-order valence-corrected chi connectivity index (χ1v) is 19.7. The van der Waals surface area contributed by atoms with E-state index >= 15 is 4.57 Å².